The monoisotopic (exact) mass is 549 g/mol. The van der Waals surface area contributed by atoms with Crippen LogP contribution in [0.5, 0.6) is 17.2 Å². The maximum Gasteiger partial charge on any atom is 0.251 e. The molecule has 39 heavy (non-hydrogen) atoms. The van der Waals surface area contributed by atoms with Crippen molar-refractivity contribution in [1.29, 1.82) is 0 Å². The summed E-state index contributed by atoms with van der Waals surface area (Å²) in [4.78, 5) is 30.5. The molecule has 204 valence electrons. The minimum absolute atomic E-state index is 0.00516. The largest absolute Gasteiger partial charge is 0.493 e. The average Bonchev–Trinajstić information content (AvgIpc) is 3.30. The number of imidazole rings is 1. The Morgan fingerprint density at radius 1 is 0.872 bits per heavy atom. The second-order valence-corrected chi connectivity index (χ2v) is 9.45. The minimum Gasteiger partial charge on any atom is -0.493 e. The quantitative estimate of drug-likeness (QED) is 0.169. The fourth-order valence-corrected chi connectivity index (χ4v) is 4.59. The van der Waals surface area contributed by atoms with Crippen molar-refractivity contribution in [3.8, 4) is 17.2 Å². The van der Waals surface area contributed by atoms with Gasteiger partial charge in [0.05, 0.1) is 38.9 Å². The fourth-order valence-electron chi connectivity index (χ4n) is 4.46. The number of nitrogens with one attached hydrogen (secondary N) is 1. The van der Waals surface area contributed by atoms with Gasteiger partial charge in [0.25, 0.3) is 5.91 Å². The second-order valence-electron chi connectivity index (χ2n) is 9.01. The topological polar surface area (TPSA) is 91.7 Å². The summed E-state index contributed by atoms with van der Waals surface area (Å²) in [6.07, 6.45) is 3.30. The smallest absolute Gasteiger partial charge is 0.251 e. The van der Waals surface area contributed by atoms with Gasteiger partial charge in [-0.3, -0.25) is 9.59 Å². The van der Waals surface area contributed by atoms with Crippen molar-refractivity contribution in [2.45, 2.75) is 32.2 Å². The first kappa shape index (κ1) is 28.0. The molecular weight excluding hydrogens is 518 g/mol. The molecule has 0 fully saturated rings. The molecule has 4 rings (SSSR count). The normalized spacial score (nSPS) is 10.9. The molecule has 0 aliphatic heterocycles. The molecule has 0 aliphatic rings. The predicted molar refractivity (Wildman–Crippen MR) is 152 cm³/mol. The van der Waals surface area contributed by atoms with Crippen LogP contribution < -0.4 is 19.5 Å². The van der Waals surface area contributed by atoms with Gasteiger partial charge >= 0.3 is 0 Å². The summed E-state index contributed by atoms with van der Waals surface area (Å²) >= 11 is 5.98. The SMILES string of the molecule is COc1cc(C(=O)NCCCCCc2nc3ccccc3n2CC(=O)c2ccc(Cl)cc2)cc(OC)c1OC. The Bertz CT molecular complexity index is 1420. The zero-order valence-electron chi connectivity index (χ0n) is 22.3. The van der Waals surface area contributed by atoms with E-state index in [4.69, 9.17) is 30.8 Å². The van der Waals surface area contributed by atoms with E-state index >= 15 is 0 Å². The van der Waals surface area contributed by atoms with E-state index in [-0.39, 0.29) is 18.2 Å². The third-order valence-corrected chi connectivity index (χ3v) is 6.74. The molecule has 0 radical (unpaired) electrons. The maximum absolute atomic E-state index is 13.0. The number of hydrogen-bond acceptors (Lipinski definition) is 6. The van der Waals surface area contributed by atoms with Crippen LogP contribution in [0.4, 0.5) is 0 Å². The second kappa shape index (κ2) is 13.2. The van der Waals surface area contributed by atoms with Crippen molar-refractivity contribution < 1.29 is 23.8 Å². The van der Waals surface area contributed by atoms with Gasteiger partial charge in [-0.05, 0) is 61.4 Å². The molecule has 3 aromatic carbocycles. The molecule has 4 aromatic rings. The van der Waals surface area contributed by atoms with Gasteiger partial charge in [0.1, 0.15) is 5.82 Å². The molecule has 0 aliphatic carbocycles. The standard InChI is InChI=1S/C30H32ClN3O5/c1-37-26-17-21(18-27(38-2)29(26)39-3)30(36)32-16-8-4-5-11-28-33-23-9-6-7-10-24(23)34(28)19-25(35)20-12-14-22(31)15-13-20/h6-7,9-10,12-15,17-18H,4-5,8,11,16,19H2,1-3H3,(H,32,36). The lowest BCUT2D eigenvalue weighted by molar-refractivity contribution is 0.0949. The van der Waals surface area contributed by atoms with Crippen LogP contribution in [0.1, 0.15) is 45.8 Å². The number of fused-ring (bicyclic) bond motifs is 1. The van der Waals surface area contributed by atoms with E-state index in [1.165, 1.54) is 21.3 Å². The van der Waals surface area contributed by atoms with Crippen LogP contribution in [0.3, 0.4) is 0 Å². The number of rotatable bonds is 13. The lowest BCUT2D eigenvalue weighted by Gasteiger charge is -2.14. The summed E-state index contributed by atoms with van der Waals surface area (Å²) in [5.74, 6) is 1.97. The van der Waals surface area contributed by atoms with Crippen LogP contribution >= 0.6 is 11.6 Å². The number of amides is 1. The Hall–Kier alpha value is -4.04. The Morgan fingerprint density at radius 3 is 2.23 bits per heavy atom. The maximum atomic E-state index is 13.0. The van der Waals surface area contributed by atoms with E-state index in [1.807, 2.05) is 28.8 Å². The Balaban J connectivity index is 1.33. The van der Waals surface area contributed by atoms with Crippen molar-refractivity contribution in [1.82, 2.24) is 14.9 Å². The number of carbonyl (C=O) groups excluding carboxylic acids is 2. The van der Waals surface area contributed by atoms with Crippen LogP contribution in [0.25, 0.3) is 11.0 Å². The number of benzene rings is 3. The Labute approximate surface area is 232 Å². The van der Waals surface area contributed by atoms with Crippen LogP contribution in [0, 0.1) is 0 Å². The van der Waals surface area contributed by atoms with Crippen molar-refractivity contribution in [2.24, 2.45) is 0 Å². The van der Waals surface area contributed by atoms with E-state index in [2.05, 4.69) is 5.32 Å². The number of aromatic nitrogens is 2. The van der Waals surface area contributed by atoms with Crippen LogP contribution in [-0.2, 0) is 13.0 Å². The number of ether oxygens (including phenoxy) is 3. The molecule has 0 bridgehead atoms. The summed E-state index contributed by atoms with van der Waals surface area (Å²) in [7, 11) is 4.55. The number of aryl methyl sites for hydroxylation is 1. The first-order valence-corrected chi connectivity index (χ1v) is 13.1. The molecule has 1 N–H and O–H groups in total. The van der Waals surface area contributed by atoms with Crippen molar-refractivity contribution in [3.05, 3.63) is 82.6 Å². The van der Waals surface area contributed by atoms with Crippen molar-refractivity contribution in [2.75, 3.05) is 27.9 Å². The molecular formula is C30H32ClN3O5. The van der Waals surface area contributed by atoms with Crippen LogP contribution in [0.15, 0.2) is 60.7 Å². The van der Waals surface area contributed by atoms with Gasteiger partial charge in [-0.25, -0.2) is 4.98 Å². The Morgan fingerprint density at radius 2 is 1.56 bits per heavy atom. The van der Waals surface area contributed by atoms with Crippen LogP contribution in [-0.4, -0.2) is 49.1 Å². The highest BCUT2D eigenvalue weighted by Crippen LogP contribution is 2.38. The van der Waals surface area contributed by atoms with E-state index in [0.717, 1.165) is 42.5 Å². The zero-order chi connectivity index (χ0) is 27.8. The van der Waals surface area contributed by atoms with Gasteiger partial charge in [0, 0.05) is 29.1 Å². The average molecular weight is 550 g/mol. The molecule has 1 heterocycles. The summed E-state index contributed by atoms with van der Waals surface area (Å²) in [6, 6.07) is 18.0. The summed E-state index contributed by atoms with van der Waals surface area (Å²) < 4.78 is 18.0. The van der Waals surface area contributed by atoms with E-state index in [1.54, 1.807) is 36.4 Å². The molecule has 8 nitrogen and oxygen atoms in total. The highest BCUT2D eigenvalue weighted by molar-refractivity contribution is 6.30. The molecule has 0 atom stereocenters. The van der Waals surface area contributed by atoms with Gasteiger partial charge in [-0.1, -0.05) is 30.2 Å². The van der Waals surface area contributed by atoms with Gasteiger partial charge in [-0.2, -0.15) is 0 Å². The van der Waals surface area contributed by atoms with Crippen molar-refractivity contribution in [3.63, 3.8) is 0 Å². The lowest BCUT2D eigenvalue weighted by Crippen LogP contribution is -2.24. The number of carbonyl (C=O) groups is 2. The number of nitrogens with zero attached hydrogens (tertiary/aromatic N) is 2. The highest BCUT2D eigenvalue weighted by Gasteiger charge is 2.17. The lowest BCUT2D eigenvalue weighted by atomic mass is 10.1. The Kier molecular flexibility index (Phi) is 9.44. The van der Waals surface area contributed by atoms with Crippen molar-refractivity contribution >= 4 is 34.3 Å². The summed E-state index contributed by atoms with van der Waals surface area (Å²) in [6.45, 7) is 0.739. The van der Waals surface area contributed by atoms with Gasteiger partial charge in [-0.15, -0.1) is 0 Å². The first-order chi connectivity index (χ1) is 18.9. The zero-order valence-corrected chi connectivity index (χ0v) is 23.1. The molecule has 0 unspecified atom stereocenters. The minimum atomic E-state index is -0.211. The number of para-hydroxylation sites is 2. The number of unbranched alkanes of at least 4 members (excludes halogenated alkanes) is 2. The van der Waals surface area contributed by atoms with Gasteiger partial charge < -0.3 is 24.1 Å². The third-order valence-electron chi connectivity index (χ3n) is 6.49. The number of ketones is 1. The molecule has 1 amide bonds. The molecule has 0 spiro atoms. The molecule has 9 heteroatoms. The number of Topliss-reactive ketones (excluding diaryl/α,β-unsaturated/α-hetero) is 1. The number of halogens is 1. The van der Waals surface area contributed by atoms with E-state index in [0.29, 0.717) is 39.9 Å². The first-order valence-electron chi connectivity index (χ1n) is 12.8. The molecule has 1 aromatic heterocycles. The number of hydrogen-bond donors (Lipinski definition) is 1. The predicted octanol–water partition coefficient (Wildman–Crippen LogP) is 5.74. The van der Waals surface area contributed by atoms with Crippen LogP contribution in [0.2, 0.25) is 5.02 Å². The van der Waals surface area contributed by atoms with Gasteiger partial charge in [0.15, 0.2) is 17.3 Å². The fraction of sp³-hybridized carbons (Fsp3) is 0.300. The molecule has 0 saturated carbocycles. The summed E-state index contributed by atoms with van der Waals surface area (Å²) in [5, 5.41) is 3.55. The molecule has 0 saturated heterocycles. The van der Waals surface area contributed by atoms with E-state index < -0.39 is 0 Å². The third kappa shape index (κ3) is 6.70. The number of methoxy groups -OCH3 is 3. The van der Waals surface area contributed by atoms with E-state index in [9.17, 15) is 9.59 Å². The highest BCUT2D eigenvalue weighted by atomic mass is 35.5. The summed E-state index contributed by atoms with van der Waals surface area (Å²) in [5.41, 5.74) is 2.86. The van der Waals surface area contributed by atoms with Gasteiger partial charge in [0.2, 0.25) is 5.75 Å².